The van der Waals surface area contributed by atoms with Gasteiger partial charge in [-0.3, -0.25) is 0 Å². The Kier molecular flexibility index (Phi) is 8.67. The van der Waals surface area contributed by atoms with E-state index in [4.69, 9.17) is 21.4 Å². The molecule has 1 unspecified atom stereocenters. The van der Waals surface area contributed by atoms with E-state index in [-0.39, 0.29) is 0 Å². The maximum absolute atomic E-state index is 11.5. The van der Waals surface area contributed by atoms with Gasteiger partial charge in [-0.1, -0.05) is 17.7 Å². The average Bonchev–Trinajstić information content (AvgIpc) is 2.24. The third kappa shape index (κ3) is 10.7. The quantitative estimate of drug-likeness (QED) is 0.707. The van der Waals surface area contributed by atoms with Crippen molar-refractivity contribution in [2.75, 3.05) is 11.5 Å². The van der Waals surface area contributed by atoms with E-state index in [2.05, 4.69) is 5.32 Å². The molecule has 0 spiro atoms. The highest BCUT2D eigenvalue weighted by molar-refractivity contribution is 7.99. The van der Waals surface area contributed by atoms with Crippen LogP contribution in [-0.4, -0.2) is 40.3 Å². The standard InChI is InChI=1S/C12H20ClNO4S/c1-12(2,3)18-11(17)14-9(10(15)16)5-8-19-7-4-6-13/h4,6,9H,5,7-8H2,1-3H3,(H,14,17)(H,15,16). The minimum atomic E-state index is -1.07. The number of carboxylic acids is 1. The number of carbonyl (C=O) groups excluding carboxylic acids is 1. The van der Waals surface area contributed by atoms with Gasteiger partial charge in [0.25, 0.3) is 0 Å². The molecular formula is C12H20ClNO4S. The smallest absolute Gasteiger partial charge is 0.408 e. The van der Waals surface area contributed by atoms with Gasteiger partial charge in [0.1, 0.15) is 11.6 Å². The largest absolute Gasteiger partial charge is 0.480 e. The Morgan fingerprint density at radius 3 is 2.58 bits per heavy atom. The van der Waals surface area contributed by atoms with Crippen molar-refractivity contribution in [3.8, 4) is 0 Å². The summed E-state index contributed by atoms with van der Waals surface area (Å²) in [5.41, 5.74) is 0.771. The lowest BCUT2D eigenvalue weighted by molar-refractivity contribution is -0.139. The molecule has 0 rings (SSSR count). The zero-order chi connectivity index (χ0) is 14.9. The number of ether oxygens (including phenoxy) is 1. The fourth-order valence-corrected chi connectivity index (χ4v) is 2.09. The summed E-state index contributed by atoms with van der Waals surface area (Å²) >= 11 is 6.90. The Morgan fingerprint density at radius 2 is 2.11 bits per heavy atom. The monoisotopic (exact) mass is 309 g/mol. The fraction of sp³-hybridized carbons (Fsp3) is 0.667. The molecule has 0 aliphatic carbocycles. The molecule has 0 aliphatic heterocycles. The van der Waals surface area contributed by atoms with Gasteiger partial charge in [0, 0.05) is 11.3 Å². The van der Waals surface area contributed by atoms with Crippen LogP contribution in [-0.2, 0) is 9.53 Å². The molecule has 0 saturated heterocycles. The number of carboxylic acid groups (broad SMARTS) is 1. The molecule has 0 fully saturated rings. The number of hydrogen-bond acceptors (Lipinski definition) is 4. The molecule has 1 atom stereocenters. The average molecular weight is 310 g/mol. The van der Waals surface area contributed by atoms with Crippen molar-refractivity contribution in [2.45, 2.75) is 38.8 Å². The lowest BCUT2D eigenvalue weighted by atomic mass is 10.2. The van der Waals surface area contributed by atoms with Gasteiger partial charge in [-0.15, -0.1) is 0 Å². The third-order valence-electron chi connectivity index (χ3n) is 1.84. The van der Waals surface area contributed by atoms with Gasteiger partial charge < -0.3 is 15.2 Å². The van der Waals surface area contributed by atoms with Crippen LogP contribution in [0.3, 0.4) is 0 Å². The highest BCUT2D eigenvalue weighted by Crippen LogP contribution is 2.09. The molecular weight excluding hydrogens is 290 g/mol. The Balaban J connectivity index is 4.12. The predicted molar refractivity (Wildman–Crippen MR) is 77.7 cm³/mol. The van der Waals surface area contributed by atoms with Crippen LogP contribution >= 0.6 is 23.4 Å². The number of halogens is 1. The van der Waals surface area contributed by atoms with E-state index in [0.717, 1.165) is 0 Å². The molecule has 0 heterocycles. The number of carbonyl (C=O) groups is 2. The number of nitrogens with one attached hydrogen (secondary N) is 1. The molecule has 19 heavy (non-hydrogen) atoms. The van der Waals surface area contributed by atoms with Crippen LogP contribution in [0, 0.1) is 0 Å². The second kappa shape index (κ2) is 9.09. The maximum Gasteiger partial charge on any atom is 0.408 e. The van der Waals surface area contributed by atoms with E-state index in [1.54, 1.807) is 26.8 Å². The van der Waals surface area contributed by atoms with Crippen LogP contribution in [0.15, 0.2) is 11.6 Å². The molecule has 0 aromatic carbocycles. The first-order chi connectivity index (χ1) is 8.76. The minimum Gasteiger partial charge on any atom is -0.480 e. The van der Waals surface area contributed by atoms with Gasteiger partial charge in [-0.05, 0) is 32.9 Å². The zero-order valence-corrected chi connectivity index (χ0v) is 12.9. The molecule has 7 heteroatoms. The Morgan fingerprint density at radius 1 is 1.47 bits per heavy atom. The first-order valence-electron chi connectivity index (χ1n) is 5.81. The number of hydrogen-bond donors (Lipinski definition) is 2. The molecule has 0 aliphatic rings. The molecule has 1 amide bonds. The van der Waals surface area contributed by atoms with Crippen molar-refractivity contribution in [1.29, 1.82) is 0 Å². The van der Waals surface area contributed by atoms with Crippen molar-refractivity contribution in [3.05, 3.63) is 11.6 Å². The highest BCUT2D eigenvalue weighted by atomic mass is 35.5. The molecule has 0 aromatic heterocycles. The van der Waals surface area contributed by atoms with E-state index < -0.39 is 23.7 Å². The van der Waals surface area contributed by atoms with Crippen LogP contribution < -0.4 is 5.32 Å². The summed E-state index contributed by atoms with van der Waals surface area (Å²) < 4.78 is 5.01. The van der Waals surface area contributed by atoms with Gasteiger partial charge in [0.15, 0.2) is 0 Å². The predicted octanol–water partition coefficient (Wildman–Crippen LogP) is 2.84. The summed E-state index contributed by atoms with van der Waals surface area (Å²) in [7, 11) is 0. The minimum absolute atomic E-state index is 0.329. The van der Waals surface area contributed by atoms with Gasteiger partial charge in [0.2, 0.25) is 0 Å². The number of thioether (sulfide) groups is 1. The lowest BCUT2D eigenvalue weighted by Crippen LogP contribution is -2.43. The van der Waals surface area contributed by atoms with Crippen LogP contribution in [0.2, 0.25) is 0 Å². The molecule has 0 aromatic rings. The van der Waals surface area contributed by atoms with E-state index >= 15 is 0 Å². The van der Waals surface area contributed by atoms with Crippen molar-refractivity contribution in [3.63, 3.8) is 0 Å². The van der Waals surface area contributed by atoms with Gasteiger partial charge in [-0.2, -0.15) is 11.8 Å². The summed E-state index contributed by atoms with van der Waals surface area (Å²) in [5, 5.41) is 11.4. The van der Waals surface area contributed by atoms with Gasteiger partial charge in [-0.25, -0.2) is 9.59 Å². The summed E-state index contributed by atoms with van der Waals surface area (Å²) in [5.74, 6) is 0.246. The molecule has 2 N–H and O–H groups in total. The molecule has 110 valence electrons. The van der Waals surface area contributed by atoms with Crippen LogP contribution in [0.4, 0.5) is 4.79 Å². The van der Waals surface area contributed by atoms with Crippen LogP contribution in [0.1, 0.15) is 27.2 Å². The van der Waals surface area contributed by atoms with E-state index in [1.807, 2.05) is 0 Å². The summed E-state index contributed by atoms with van der Waals surface area (Å²) in [6.45, 7) is 5.16. The molecule has 0 saturated carbocycles. The number of amides is 1. The number of aliphatic carboxylic acids is 1. The van der Waals surface area contributed by atoms with Gasteiger partial charge >= 0.3 is 12.1 Å². The van der Waals surface area contributed by atoms with Crippen molar-refractivity contribution in [2.24, 2.45) is 0 Å². The SMILES string of the molecule is CC(C)(C)OC(=O)NC(CCSCC=CCl)C(=O)O. The third-order valence-corrected chi connectivity index (χ3v) is 2.97. The highest BCUT2D eigenvalue weighted by Gasteiger charge is 2.23. The Labute approximate surface area is 122 Å². The van der Waals surface area contributed by atoms with E-state index in [9.17, 15) is 9.59 Å². The topological polar surface area (TPSA) is 75.6 Å². The second-order valence-corrected chi connectivity index (χ2v) is 6.16. The summed E-state index contributed by atoms with van der Waals surface area (Å²) in [6.07, 6.45) is 1.38. The van der Waals surface area contributed by atoms with Gasteiger partial charge in [0.05, 0.1) is 0 Å². The Bertz CT molecular complexity index is 328. The Hall–Kier alpha value is -0.880. The number of rotatable bonds is 7. The van der Waals surface area contributed by atoms with E-state index in [0.29, 0.717) is 17.9 Å². The van der Waals surface area contributed by atoms with Crippen molar-refractivity contribution in [1.82, 2.24) is 5.32 Å². The molecule has 5 nitrogen and oxygen atoms in total. The maximum atomic E-state index is 11.5. The summed E-state index contributed by atoms with van der Waals surface area (Å²) in [4.78, 5) is 22.5. The molecule has 0 bridgehead atoms. The normalized spacial score (nSPS) is 13.3. The first kappa shape index (κ1) is 18.1. The second-order valence-electron chi connectivity index (χ2n) is 4.76. The van der Waals surface area contributed by atoms with Crippen molar-refractivity contribution >= 4 is 35.4 Å². The molecule has 0 radical (unpaired) electrons. The zero-order valence-electron chi connectivity index (χ0n) is 11.3. The summed E-state index contributed by atoms with van der Waals surface area (Å²) in [6, 6.07) is -0.942. The van der Waals surface area contributed by atoms with Crippen LogP contribution in [0.5, 0.6) is 0 Å². The fourth-order valence-electron chi connectivity index (χ4n) is 1.10. The lowest BCUT2D eigenvalue weighted by Gasteiger charge is -2.21. The van der Waals surface area contributed by atoms with Crippen LogP contribution in [0.25, 0.3) is 0 Å². The first-order valence-corrected chi connectivity index (χ1v) is 7.40. The van der Waals surface area contributed by atoms with E-state index in [1.165, 1.54) is 17.3 Å². The number of alkyl carbamates (subject to hydrolysis) is 1. The van der Waals surface area contributed by atoms with Crippen molar-refractivity contribution < 1.29 is 19.4 Å².